The van der Waals surface area contributed by atoms with Gasteiger partial charge >= 0.3 is 5.97 Å². The summed E-state index contributed by atoms with van der Waals surface area (Å²) in [6, 6.07) is 6.22. The van der Waals surface area contributed by atoms with Crippen LogP contribution in [-0.4, -0.2) is 36.4 Å². The summed E-state index contributed by atoms with van der Waals surface area (Å²) in [4.78, 5) is 12.6. The number of aromatic nitrogens is 1. The van der Waals surface area contributed by atoms with Crippen LogP contribution in [0.1, 0.15) is 53.6 Å². The van der Waals surface area contributed by atoms with E-state index < -0.39 is 16.0 Å². The van der Waals surface area contributed by atoms with Crippen LogP contribution in [0.4, 0.5) is 0 Å². The summed E-state index contributed by atoms with van der Waals surface area (Å²) >= 11 is 0. The standard InChI is InChI=1S/C19H24N2O5S/c1-13-7-8-17(27(23,24)21-9-5-4-6-14(21)2)11-18(13)19(22)25-12-16-10-15(3)26-20-16/h7-8,10-11,14H,4-6,9,12H2,1-3H3. The Kier molecular flexibility index (Phi) is 5.67. The van der Waals surface area contributed by atoms with Crippen molar-refractivity contribution in [3.63, 3.8) is 0 Å². The molecule has 1 aromatic heterocycles. The molecular weight excluding hydrogens is 368 g/mol. The molecule has 0 radical (unpaired) electrons. The van der Waals surface area contributed by atoms with Crippen molar-refractivity contribution in [2.45, 2.75) is 57.6 Å². The Morgan fingerprint density at radius 1 is 1.30 bits per heavy atom. The summed E-state index contributed by atoms with van der Waals surface area (Å²) in [6.45, 7) is 5.88. The molecule has 27 heavy (non-hydrogen) atoms. The van der Waals surface area contributed by atoms with Crippen molar-refractivity contribution in [1.82, 2.24) is 9.46 Å². The lowest BCUT2D eigenvalue weighted by molar-refractivity contribution is 0.0463. The normalized spacial score (nSPS) is 18.4. The highest BCUT2D eigenvalue weighted by atomic mass is 32.2. The molecule has 0 N–H and O–H groups in total. The summed E-state index contributed by atoms with van der Waals surface area (Å²) < 4.78 is 37.8. The molecule has 2 aromatic rings. The van der Waals surface area contributed by atoms with Gasteiger partial charge in [0.05, 0.1) is 10.5 Å². The van der Waals surface area contributed by atoms with Crippen molar-refractivity contribution in [3.8, 4) is 0 Å². The molecule has 0 aliphatic carbocycles. The van der Waals surface area contributed by atoms with E-state index in [9.17, 15) is 13.2 Å². The molecule has 0 amide bonds. The highest BCUT2D eigenvalue weighted by Crippen LogP contribution is 2.26. The molecule has 0 bridgehead atoms. The van der Waals surface area contributed by atoms with Crippen LogP contribution >= 0.6 is 0 Å². The molecule has 1 fully saturated rings. The number of rotatable bonds is 5. The van der Waals surface area contributed by atoms with Crippen molar-refractivity contribution < 1.29 is 22.5 Å². The van der Waals surface area contributed by atoms with E-state index in [4.69, 9.17) is 9.26 Å². The molecule has 1 unspecified atom stereocenters. The average Bonchev–Trinajstić information content (AvgIpc) is 3.05. The summed E-state index contributed by atoms with van der Waals surface area (Å²) in [6.07, 6.45) is 2.72. The Balaban J connectivity index is 1.81. The fourth-order valence-electron chi connectivity index (χ4n) is 3.25. The lowest BCUT2D eigenvalue weighted by atomic mass is 10.1. The second kappa shape index (κ2) is 7.82. The monoisotopic (exact) mass is 392 g/mol. The summed E-state index contributed by atoms with van der Waals surface area (Å²) in [7, 11) is -3.65. The number of benzene rings is 1. The maximum atomic E-state index is 13.0. The zero-order valence-electron chi connectivity index (χ0n) is 15.8. The van der Waals surface area contributed by atoms with Crippen LogP contribution in [-0.2, 0) is 21.4 Å². The van der Waals surface area contributed by atoms with Crippen molar-refractivity contribution in [2.75, 3.05) is 6.54 Å². The molecule has 1 aliphatic heterocycles. The van der Waals surface area contributed by atoms with Crippen LogP contribution in [0.25, 0.3) is 0 Å². The van der Waals surface area contributed by atoms with E-state index in [2.05, 4.69) is 5.16 Å². The lowest BCUT2D eigenvalue weighted by Gasteiger charge is -2.32. The number of ether oxygens (including phenoxy) is 1. The molecule has 146 valence electrons. The van der Waals surface area contributed by atoms with Crippen LogP contribution in [0.2, 0.25) is 0 Å². The van der Waals surface area contributed by atoms with E-state index in [-0.39, 0.29) is 23.1 Å². The van der Waals surface area contributed by atoms with Gasteiger partial charge in [0.2, 0.25) is 10.0 Å². The molecule has 1 atom stereocenters. The van der Waals surface area contributed by atoms with Gasteiger partial charge in [0.25, 0.3) is 0 Å². The molecule has 0 spiro atoms. The number of esters is 1. The third-order valence-electron chi connectivity index (χ3n) is 4.81. The molecule has 1 aromatic carbocycles. The van der Waals surface area contributed by atoms with Crippen LogP contribution in [0.5, 0.6) is 0 Å². The maximum absolute atomic E-state index is 13.0. The van der Waals surface area contributed by atoms with Crippen molar-refractivity contribution >= 4 is 16.0 Å². The van der Waals surface area contributed by atoms with Gasteiger partial charge in [0.1, 0.15) is 18.1 Å². The third-order valence-corrected chi connectivity index (χ3v) is 6.82. The van der Waals surface area contributed by atoms with Gasteiger partial charge in [-0.2, -0.15) is 4.31 Å². The van der Waals surface area contributed by atoms with Gasteiger partial charge in [-0.05, 0) is 51.3 Å². The van der Waals surface area contributed by atoms with Crippen LogP contribution in [0.3, 0.4) is 0 Å². The van der Waals surface area contributed by atoms with Gasteiger partial charge in [-0.25, -0.2) is 13.2 Å². The Hall–Kier alpha value is -2.19. The van der Waals surface area contributed by atoms with Crippen molar-refractivity contribution in [1.29, 1.82) is 0 Å². The number of carbonyl (C=O) groups excluding carboxylic acids is 1. The molecule has 0 saturated carbocycles. The van der Waals surface area contributed by atoms with Crippen molar-refractivity contribution in [3.05, 3.63) is 46.8 Å². The largest absolute Gasteiger partial charge is 0.455 e. The Morgan fingerprint density at radius 3 is 2.74 bits per heavy atom. The molecule has 3 rings (SSSR count). The minimum atomic E-state index is -3.65. The molecule has 8 heteroatoms. The van der Waals surface area contributed by atoms with E-state index in [1.807, 2.05) is 6.92 Å². The number of nitrogens with zero attached hydrogens (tertiary/aromatic N) is 2. The Labute approximate surface area is 159 Å². The first-order valence-corrected chi connectivity index (χ1v) is 10.4. The van der Waals surface area contributed by atoms with Gasteiger partial charge < -0.3 is 9.26 Å². The summed E-state index contributed by atoms with van der Waals surface area (Å²) in [5.74, 6) is 0.0397. The predicted octanol–water partition coefficient (Wildman–Crippen LogP) is 3.21. The number of hydrogen-bond acceptors (Lipinski definition) is 6. The highest BCUT2D eigenvalue weighted by Gasteiger charge is 2.31. The minimum absolute atomic E-state index is 0.0320. The van der Waals surface area contributed by atoms with Crippen molar-refractivity contribution in [2.24, 2.45) is 0 Å². The number of piperidine rings is 1. The van der Waals surface area contributed by atoms with Crippen LogP contribution in [0.15, 0.2) is 33.7 Å². The molecular formula is C19H24N2O5S. The van der Waals surface area contributed by atoms with Gasteiger partial charge in [0.15, 0.2) is 0 Å². The molecule has 1 saturated heterocycles. The minimum Gasteiger partial charge on any atom is -0.455 e. The zero-order valence-corrected chi connectivity index (χ0v) is 16.6. The number of sulfonamides is 1. The zero-order chi connectivity index (χ0) is 19.6. The number of aryl methyl sites for hydroxylation is 2. The highest BCUT2D eigenvalue weighted by molar-refractivity contribution is 7.89. The Bertz CT molecular complexity index is 935. The second-order valence-corrected chi connectivity index (χ2v) is 8.83. The topological polar surface area (TPSA) is 89.7 Å². The first kappa shape index (κ1) is 19.6. The first-order valence-electron chi connectivity index (χ1n) is 9.01. The molecule has 1 aliphatic rings. The predicted molar refractivity (Wildman–Crippen MR) is 98.7 cm³/mol. The Morgan fingerprint density at radius 2 is 2.07 bits per heavy atom. The molecule has 7 nitrogen and oxygen atoms in total. The second-order valence-electron chi connectivity index (χ2n) is 6.94. The van der Waals surface area contributed by atoms with Crippen LogP contribution < -0.4 is 0 Å². The quantitative estimate of drug-likeness (QED) is 0.726. The third kappa shape index (κ3) is 4.22. The number of hydrogen-bond donors (Lipinski definition) is 0. The van der Waals surface area contributed by atoms with Gasteiger partial charge in [-0.1, -0.05) is 17.6 Å². The van der Waals surface area contributed by atoms with E-state index in [1.54, 1.807) is 32.0 Å². The molecule has 2 heterocycles. The maximum Gasteiger partial charge on any atom is 0.338 e. The fraction of sp³-hybridized carbons (Fsp3) is 0.474. The lowest BCUT2D eigenvalue weighted by Crippen LogP contribution is -2.41. The summed E-state index contributed by atoms with van der Waals surface area (Å²) in [5.41, 5.74) is 1.40. The average molecular weight is 392 g/mol. The first-order chi connectivity index (χ1) is 12.8. The van der Waals surface area contributed by atoms with E-state index in [1.165, 1.54) is 10.4 Å². The van der Waals surface area contributed by atoms with Gasteiger partial charge in [0, 0.05) is 18.7 Å². The van der Waals surface area contributed by atoms with Crippen LogP contribution in [0, 0.1) is 13.8 Å². The van der Waals surface area contributed by atoms with Gasteiger partial charge in [-0.3, -0.25) is 0 Å². The smallest absolute Gasteiger partial charge is 0.338 e. The number of carbonyl (C=O) groups is 1. The van der Waals surface area contributed by atoms with E-state index >= 15 is 0 Å². The SMILES string of the molecule is Cc1cc(COC(=O)c2cc(S(=O)(=O)N3CCCCC3C)ccc2C)no1. The van der Waals surface area contributed by atoms with Gasteiger partial charge in [-0.15, -0.1) is 0 Å². The fourth-order valence-corrected chi connectivity index (χ4v) is 4.98. The van der Waals surface area contributed by atoms with E-state index in [0.717, 1.165) is 19.3 Å². The van der Waals surface area contributed by atoms with E-state index in [0.29, 0.717) is 23.6 Å². The summed E-state index contributed by atoms with van der Waals surface area (Å²) in [5, 5.41) is 3.78.